The maximum atomic E-state index is 6.57. The third-order valence-corrected chi connectivity index (χ3v) is 13.8. The fraction of sp³-hybridized carbons (Fsp3) is 0. The predicted molar refractivity (Wildman–Crippen MR) is 289 cm³/mol. The lowest BCUT2D eigenvalue weighted by Gasteiger charge is -2.17. The Balaban J connectivity index is 1.01. The fourth-order valence-electron chi connectivity index (χ4n) is 10.4. The van der Waals surface area contributed by atoms with Gasteiger partial charge >= 0.3 is 0 Å². The van der Waals surface area contributed by atoms with E-state index in [0.717, 1.165) is 88.7 Å². The van der Waals surface area contributed by atoms with Gasteiger partial charge in [0, 0.05) is 49.2 Å². The highest BCUT2D eigenvalue weighted by Gasteiger charge is 2.22. The van der Waals surface area contributed by atoms with Gasteiger partial charge in [0.05, 0.1) is 16.7 Å². The molecule has 3 heterocycles. The number of fused-ring (bicyclic) bond motifs is 9. The summed E-state index contributed by atoms with van der Waals surface area (Å²) < 4.78 is 9.04. The van der Waals surface area contributed by atoms with Crippen LogP contribution < -0.4 is 0 Å². The highest BCUT2D eigenvalue weighted by atomic mass is 16.3. The normalized spacial score (nSPS) is 11.7. The molecule has 326 valence electrons. The van der Waals surface area contributed by atoms with Crippen molar-refractivity contribution >= 4 is 65.3 Å². The largest absolute Gasteiger partial charge is 0.456 e. The minimum absolute atomic E-state index is 0.579. The second kappa shape index (κ2) is 16.1. The number of hydrogen-bond acceptors (Lipinski definition) is 4. The molecule has 0 aliphatic rings. The molecule has 0 saturated carbocycles. The summed E-state index contributed by atoms with van der Waals surface area (Å²) in [5.74, 6) is 1.78. The lowest BCUT2D eigenvalue weighted by atomic mass is 9.98. The summed E-state index contributed by atoms with van der Waals surface area (Å²) in [5, 5.41) is 9.34. The Morgan fingerprint density at radius 1 is 0.286 bits per heavy atom. The summed E-state index contributed by atoms with van der Waals surface area (Å²) in [7, 11) is 0. The molecular weight excluding hydrogens is 853 g/mol. The molecule has 14 rings (SSSR count). The maximum Gasteiger partial charge on any atom is 0.164 e. The van der Waals surface area contributed by atoms with Crippen LogP contribution in [-0.4, -0.2) is 19.5 Å². The van der Waals surface area contributed by atoms with Crippen LogP contribution in [0.15, 0.2) is 247 Å². The van der Waals surface area contributed by atoms with Crippen LogP contribution in [0.25, 0.3) is 139 Å². The van der Waals surface area contributed by atoms with Gasteiger partial charge in [0.1, 0.15) is 11.2 Å². The Labute approximate surface area is 403 Å². The first-order chi connectivity index (χ1) is 34.7. The van der Waals surface area contributed by atoms with Crippen LogP contribution in [-0.2, 0) is 0 Å². The Bertz CT molecular complexity index is 4220. The molecule has 0 saturated heterocycles. The summed E-state index contributed by atoms with van der Waals surface area (Å²) >= 11 is 0. The lowest BCUT2D eigenvalue weighted by molar-refractivity contribution is 0.669. The van der Waals surface area contributed by atoms with E-state index < -0.39 is 0 Å². The number of furan rings is 1. The molecule has 11 aromatic carbocycles. The fourth-order valence-corrected chi connectivity index (χ4v) is 10.4. The zero-order valence-corrected chi connectivity index (χ0v) is 37.8. The number of nitrogens with zero attached hydrogens (tertiary/aromatic N) is 4. The third-order valence-electron chi connectivity index (χ3n) is 13.8. The third kappa shape index (κ3) is 6.67. The molecule has 14 aromatic rings. The smallest absolute Gasteiger partial charge is 0.164 e. The van der Waals surface area contributed by atoms with Crippen molar-refractivity contribution in [3.8, 4) is 73.2 Å². The molecule has 0 atom stereocenters. The first kappa shape index (κ1) is 39.7. The van der Waals surface area contributed by atoms with Crippen LogP contribution in [0.5, 0.6) is 0 Å². The molecule has 0 radical (unpaired) electrons. The second-order valence-electron chi connectivity index (χ2n) is 18.0. The van der Waals surface area contributed by atoms with E-state index in [1.54, 1.807) is 0 Å². The van der Waals surface area contributed by atoms with Crippen molar-refractivity contribution in [2.24, 2.45) is 0 Å². The molecule has 0 bridgehead atoms. The average molecular weight is 893 g/mol. The minimum atomic E-state index is 0.579. The van der Waals surface area contributed by atoms with Crippen LogP contribution in [0.4, 0.5) is 0 Å². The van der Waals surface area contributed by atoms with Crippen molar-refractivity contribution in [2.45, 2.75) is 0 Å². The first-order valence-electron chi connectivity index (χ1n) is 23.7. The van der Waals surface area contributed by atoms with Gasteiger partial charge < -0.3 is 8.98 Å². The van der Waals surface area contributed by atoms with Crippen LogP contribution in [0.1, 0.15) is 0 Å². The van der Waals surface area contributed by atoms with Crippen LogP contribution in [0.3, 0.4) is 0 Å². The van der Waals surface area contributed by atoms with Crippen molar-refractivity contribution in [2.75, 3.05) is 0 Å². The quantitative estimate of drug-likeness (QED) is 0.160. The molecule has 0 unspecified atom stereocenters. The van der Waals surface area contributed by atoms with Crippen molar-refractivity contribution in [3.63, 3.8) is 0 Å². The highest BCUT2D eigenvalue weighted by molar-refractivity contribution is 6.21. The maximum absolute atomic E-state index is 6.57. The SMILES string of the molecule is c1ccc(-c2ccc(-c3nc(-c4ccc(-c5ccccc5)cc4)nc(-c4ccc(-n5c6cc7ccccc7cc6c6ccc7ccccc7c65)c(-c5ccc6c(c5)oc5ccccc56)c4)n3)cc2)cc1. The van der Waals surface area contributed by atoms with Crippen molar-refractivity contribution in [3.05, 3.63) is 243 Å². The molecule has 5 nitrogen and oxygen atoms in total. The van der Waals surface area contributed by atoms with Crippen LogP contribution >= 0.6 is 0 Å². The van der Waals surface area contributed by atoms with E-state index in [9.17, 15) is 0 Å². The summed E-state index contributed by atoms with van der Waals surface area (Å²) in [4.78, 5) is 15.8. The Kier molecular flexibility index (Phi) is 9.14. The molecule has 0 aliphatic heterocycles. The number of aromatic nitrogens is 4. The molecule has 3 aromatic heterocycles. The lowest BCUT2D eigenvalue weighted by Crippen LogP contribution is -2.02. The van der Waals surface area contributed by atoms with Gasteiger partial charge in [-0.3, -0.25) is 0 Å². The van der Waals surface area contributed by atoms with Gasteiger partial charge in [-0.1, -0.05) is 194 Å². The van der Waals surface area contributed by atoms with Gasteiger partial charge in [0.25, 0.3) is 0 Å². The molecule has 0 spiro atoms. The summed E-state index contributed by atoms with van der Waals surface area (Å²) in [6, 6.07) is 85.9. The zero-order valence-electron chi connectivity index (χ0n) is 37.8. The Morgan fingerprint density at radius 2 is 0.771 bits per heavy atom. The van der Waals surface area contributed by atoms with E-state index in [0.29, 0.717) is 17.5 Å². The van der Waals surface area contributed by atoms with Gasteiger partial charge in [0.2, 0.25) is 0 Å². The molecule has 0 N–H and O–H groups in total. The van der Waals surface area contributed by atoms with E-state index in [4.69, 9.17) is 19.4 Å². The Morgan fingerprint density at radius 3 is 1.44 bits per heavy atom. The van der Waals surface area contributed by atoms with E-state index >= 15 is 0 Å². The van der Waals surface area contributed by atoms with E-state index in [-0.39, 0.29) is 0 Å². The zero-order chi connectivity index (χ0) is 46.1. The van der Waals surface area contributed by atoms with Gasteiger partial charge in [-0.25, -0.2) is 15.0 Å². The van der Waals surface area contributed by atoms with Gasteiger partial charge in [-0.2, -0.15) is 0 Å². The van der Waals surface area contributed by atoms with Crippen LogP contribution in [0, 0.1) is 0 Å². The minimum Gasteiger partial charge on any atom is -0.456 e. The first-order valence-corrected chi connectivity index (χ1v) is 23.7. The standard InChI is InChI=1S/C65H40N4O/c1-3-13-41(14-4-1)43-23-27-46(28-24-43)63-66-64(47-29-25-44(26-30-47)42-15-5-2-6-16-42)68-65(67-63)51-33-36-58(56(38-51)50-32-34-54-53-21-11-12-22-60(53)70-61(54)40-50)69-59-39-49-19-8-7-18-48(49)37-57(59)55-35-31-45-17-9-10-20-52(45)62(55)69/h1-40H. The topological polar surface area (TPSA) is 56.7 Å². The van der Waals surface area contributed by atoms with Crippen molar-refractivity contribution in [1.82, 2.24) is 19.5 Å². The molecule has 0 fully saturated rings. The molecular formula is C65H40N4O. The van der Waals surface area contributed by atoms with Gasteiger partial charge in [0.15, 0.2) is 17.5 Å². The molecule has 5 heteroatoms. The van der Waals surface area contributed by atoms with Crippen molar-refractivity contribution < 1.29 is 4.42 Å². The van der Waals surface area contributed by atoms with E-state index in [1.807, 2.05) is 24.3 Å². The van der Waals surface area contributed by atoms with Crippen LogP contribution in [0.2, 0.25) is 0 Å². The van der Waals surface area contributed by atoms with Gasteiger partial charge in [-0.05, 0) is 92.5 Å². The van der Waals surface area contributed by atoms with E-state index in [2.05, 4.69) is 223 Å². The number of rotatable bonds is 7. The molecule has 0 aliphatic carbocycles. The summed E-state index contributed by atoms with van der Waals surface area (Å²) in [6.45, 7) is 0. The highest BCUT2D eigenvalue weighted by Crippen LogP contribution is 2.43. The molecule has 70 heavy (non-hydrogen) atoms. The number of hydrogen-bond donors (Lipinski definition) is 0. The predicted octanol–water partition coefficient (Wildman–Crippen LogP) is 17.2. The average Bonchev–Trinajstić information content (AvgIpc) is 3.97. The summed E-state index contributed by atoms with van der Waals surface area (Å²) in [5.41, 5.74) is 14.3. The summed E-state index contributed by atoms with van der Waals surface area (Å²) in [6.07, 6.45) is 0. The number of benzene rings is 11. The second-order valence-corrected chi connectivity index (χ2v) is 18.0. The monoisotopic (exact) mass is 892 g/mol. The Hall–Kier alpha value is -9.45. The van der Waals surface area contributed by atoms with E-state index in [1.165, 1.54) is 32.3 Å². The number of para-hydroxylation sites is 1. The van der Waals surface area contributed by atoms with Crippen molar-refractivity contribution in [1.29, 1.82) is 0 Å². The molecule has 0 amide bonds. The van der Waals surface area contributed by atoms with Gasteiger partial charge in [-0.15, -0.1) is 0 Å².